The normalized spacial score (nSPS) is 21.6. The highest BCUT2D eigenvalue weighted by Gasteiger charge is 2.45. The molecule has 0 saturated carbocycles. The van der Waals surface area contributed by atoms with Crippen LogP contribution >= 0.6 is 0 Å². The molecule has 0 spiro atoms. The molecule has 10 heteroatoms. The molecule has 3 amide bonds. The van der Waals surface area contributed by atoms with Crippen LogP contribution in [0, 0.1) is 0 Å². The molecule has 44 heavy (non-hydrogen) atoms. The number of carbonyl (C=O) groups is 3. The Morgan fingerprint density at radius 2 is 1.61 bits per heavy atom. The largest absolute Gasteiger partial charge is 0.449 e. The molecule has 5 N–H and O–H groups in total. The lowest BCUT2D eigenvalue weighted by Gasteiger charge is -2.51. The number of carbonyl (C=O) groups excluding carboxylic acids is 3. The lowest BCUT2D eigenvalue weighted by molar-refractivity contribution is -0.246. The molecule has 0 radical (unpaired) electrons. The number of piperidine rings is 1. The number of nitrogens with one attached hydrogen (secondary N) is 4. The van der Waals surface area contributed by atoms with Gasteiger partial charge in [0.05, 0.1) is 6.04 Å². The number of alkyl carbamates (subject to hydrolysis) is 1. The molecule has 5 rings (SSSR count). The molecule has 1 aliphatic carbocycles. The molecule has 0 unspecified atom stereocenters. The van der Waals surface area contributed by atoms with Gasteiger partial charge in [0.1, 0.15) is 12.6 Å². The molecule has 0 aromatic heterocycles. The summed E-state index contributed by atoms with van der Waals surface area (Å²) in [6.45, 7) is 9.12. The maximum Gasteiger partial charge on any atom is 0.407 e. The molecule has 2 atom stereocenters. The van der Waals surface area contributed by atoms with Crippen LogP contribution in [0.4, 0.5) is 4.79 Å². The lowest BCUT2D eigenvalue weighted by Crippen LogP contribution is -2.64. The first-order valence-electron chi connectivity index (χ1n) is 15.9. The minimum absolute atomic E-state index is 0.0201. The van der Waals surface area contributed by atoms with Crippen LogP contribution in [-0.2, 0) is 14.3 Å². The molecular weight excluding hydrogens is 558 g/mol. The van der Waals surface area contributed by atoms with Gasteiger partial charge < -0.3 is 31.2 Å². The lowest BCUT2D eigenvalue weighted by atomic mass is 9.79. The van der Waals surface area contributed by atoms with Crippen LogP contribution in [0.25, 0.3) is 11.1 Å². The summed E-state index contributed by atoms with van der Waals surface area (Å²) in [5, 5.41) is 24.1. The van der Waals surface area contributed by atoms with E-state index in [-0.39, 0.29) is 36.4 Å². The number of nitrogens with zero attached hydrogens (tertiary/aromatic N) is 1. The van der Waals surface area contributed by atoms with Crippen LogP contribution in [-0.4, -0.2) is 77.1 Å². The van der Waals surface area contributed by atoms with E-state index in [4.69, 9.17) is 4.74 Å². The summed E-state index contributed by atoms with van der Waals surface area (Å²) in [5.74, 6) is -0.452. The first-order chi connectivity index (χ1) is 21.0. The topological polar surface area (TPSA) is 132 Å². The molecule has 2 saturated heterocycles. The van der Waals surface area contributed by atoms with E-state index in [2.05, 4.69) is 45.5 Å². The van der Waals surface area contributed by atoms with Gasteiger partial charge in [0.2, 0.25) is 11.8 Å². The van der Waals surface area contributed by atoms with Crippen LogP contribution < -0.4 is 21.3 Å². The fraction of sp³-hybridized carbons (Fsp3) is 0.559. The minimum Gasteiger partial charge on any atom is -0.449 e. The van der Waals surface area contributed by atoms with Gasteiger partial charge in [0.15, 0.2) is 0 Å². The zero-order chi connectivity index (χ0) is 31.5. The third-order valence-corrected chi connectivity index (χ3v) is 9.28. The smallest absolute Gasteiger partial charge is 0.407 e. The SMILES string of the molecule is CC1(C)CC(NC(=O)[C@H](CCCNC(=O)OCC2c3ccccc3-c3ccccc32)NC(=O)[C@@H]2CCCN2)CC(C)(C)N1O. The Bertz CT molecular complexity index is 1290. The van der Waals surface area contributed by atoms with Crippen LogP contribution in [0.3, 0.4) is 0 Å². The van der Waals surface area contributed by atoms with E-state index in [0.29, 0.717) is 32.2 Å². The predicted molar refractivity (Wildman–Crippen MR) is 168 cm³/mol. The molecule has 0 bridgehead atoms. The van der Waals surface area contributed by atoms with E-state index in [1.165, 1.54) is 16.2 Å². The van der Waals surface area contributed by atoms with Gasteiger partial charge in [-0.05, 0) is 95.0 Å². The Morgan fingerprint density at radius 1 is 1.00 bits per heavy atom. The van der Waals surface area contributed by atoms with E-state index in [1.807, 2.05) is 52.0 Å². The van der Waals surface area contributed by atoms with Crippen molar-refractivity contribution >= 4 is 17.9 Å². The molecule has 2 aromatic rings. The van der Waals surface area contributed by atoms with E-state index in [0.717, 1.165) is 30.5 Å². The van der Waals surface area contributed by atoms with Crippen LogP contribution in [0.5, 0.6) is 0 Å². The molecule has 2 aromatic carbocycles. The number of benzene rings is 2. The summed E-state index contributed by atoms with van der Waals surface area (Å²) in [5.41, 5.74) is 3.62. The summed E-state index contributed by atoms with van der Waals surface area (Å²) in [6.07, 6.45) is 3.14. The highest BCUT2D eigenvalue weighted by atomic mass is 16.5. The van der Waals surface area contributed by atoms with Crippen molar-refractivity contribution in [3.63, 3.8) is 0 Å². The van der Waals surface area contributed by atoms with Crippen molar-refractivity contribution in [2.24, 2.45) is 0 Å². The predicted octanol–water partition coefficient (Wildman–Crippen LogP) is 4.07. The minimum atomic E-state index is -0.743. The molecule has 2 heterocycles. The third-order valence-electron chi connectivity index (χ3n) is 9.28. The van der Waals surface area contributed by atoms with Gasteiger partial charge in [-0.25, -0.2) is 4.79 Å². The second kappa shape index (κ2) is 13.3. The number of hydroxylamine groups is 2. The van der Waals surface area contributed by atoms with Gasteiger partial charge in [0, 0.05) is 29.6 Å². The Morgan fingerprint density at radius 3 is 2.20 bits per heavy atom. The van der Waals surface area contributed by atoms with Crippen LogP contribution in [0.1, 0.15) is 83.3 Å². The number of rotatable bonds is 10. The van der Waals surface area contributed by atoms with E-state index < -0.39 is 23.2 Å². The number of fused-ring (bicyclic) bond motifs is 3. The fourth-order valence-corrected chi connectivity index (χ4v) is 7.27. The number of ether oxygens (including phenoxy) is 1. The standard InChI is InChI=1S/C34H47N5O5/c1-33(2)19-22(20-34(3,4)39(33)43)37-31(41)29(38-30(40)28-15-9-17-35-28)16-10-18-36-32(42)44-21-27-25-13-7-5-11-23(25)24-12-6-8-14-26(24)27/h5-8,11-14,22,27-29,35,43H,9-10,15-21H2,1-4H3,(H,36,42)(H,37,41)(H,38,40)/t28-,29-/m0/s1. The average molecular weight is 606 g/mol. The second-order valence-electron chi connectivity index (χ2n) is 13.7. The second-order valence-corrected chi connectivity index (χ2v) is 13.7. The first kappa shape index (κ1) is 31.9. The molecule has 10 nitrogen and oxygen atoms in total. The van der Waals surface area contributed by atoms with Crippen molar-refractivity contribution in [1.82, 2.24) is 26.3 Å². The van der Waals surface area contributed by atoms with E-state index >= 15 is 0 Å². The summed E-state index contributed by atoms with van der Waals surface area (Å²) in [4.78, 5) is 39.1. The van der Waals surface area contributed by atoms with Gasteiger partial charge in [-0.3, -0.25) is 9.59 Å². The average Bonchev–Trinajstić information content (AvgIpc) is 3.63. The highest BCUT2D eigenvalue weighted by Crippen LogP contribution is 2.44. The molecule has 3 aliphatic rings. The van der Waals surface area contributed by atoms with Crippen LogP contribution in [0.15, 0.2) is 48.5 Å². The van der Waals surface area contributed by atoms with Gasteiger partial charge in [0.25, 0.3) is 0 Å². The van der Waals surface area contributed by atoms with Crippen molar-refractivity contribution in [3.8, 4) is 11.1 Å². The number of hydrogen-bond acceptors (Lipinski definition) is 7. The van der Waals surface area contributed by atoms with Gasteiger partial charge in [-0.2, -0.15) is 5.06 Å². The van der Waals surface area contributed by atoms with E-state index in [9.17, 15) is 19.6 Å². The fourth-order valence-electron chi connectivity index (χ4n) is 7.27. The maximum atomic E-state index is 13.5. The summed E-state index contributed by atoms with van der Waals surface area (Å²) < 4.78 is 5.64. The molecular formula is C34H47N5O5. The Hall–Kier alpha value is -3.47. The van der Waals surface area contributed by atoms with Crippen molar-refractivity contribution in [1.29, 1.82) is 0 Å². The monoisotopic (exact) mass is 605 g/mol. The number of amides is 3. The quantitative estimate of drug-likeness (QED) is 0.258. The molecule has 238 valence electrons. The van der Waals surface area contributed by atoms with Crippen molar-refractivity contribution in [2.75, 3.05) is 19.7 Å². The maximum absolute atomic E-state index is 13.5. The molecule has 2 fully saturated rings. The Labute approximate surface area is 260 Å². The Kier molecular flexibility index (Phi) is 9.62. The van der Waals surface area contributed by atoms with Crippen LogP contribution in [0.2, 0.25) is 0 Å². The highest BCUT2D eigenvalue weighted by molar-refractivity contribution is 5.90. The summed E-state index contributed by atoms with van der Waals surface area (Å²) >= 11 is 0. The zero-order valence-electron chi connectivity index (χ0n) is 26.3. The van der Waals surface area contributed by atoms with Gasteiger partial charge >= 0.3 is 6.09 Å². The number of hydrogen-bond donors (Lipinski definition) is 5. The van der Waals surface area contributed by atoms with Crippen molar-refractivity contribution < 1.29 is 24.3 Å². The zero-order valence-corrected chi connectivity index (χ0v) is 26.3. The van der Waals surface area contributed by atoms with Gasteiger partial charge in [-0.15, -0.1) is 0 Å². The first-order valence-corrected chi connectivity index (χ1v) is 15.9. The van der Waals surface area contributed by atoms with Gasteiger partial charge in [-0.1, -0.05) is 48.5 Å². The summed E-state index contributed by atoms with van der Waals surface area (Å²) in [6, 6.07) is 15.2. The van der Waals surface area contributed by atoms with E-state index in [1.54, 1.807) is 0 Å². The summed E-state index contributed by atoms with van der Waals surface area (Å²) in [7, 11) is 0. The molecule has 2 aliphatic heterocycles. The van der Waals surface area contributed by atoms with Crippen molar-refractivity contribution in [2.45, 2.75) is 101 Å². The Balaban J connectivity index is 1.14. The van der Waals surface area contributed by atoms with Crippen molar-refractivity contribution in [3.05, 3.63) is 59.7 Å². The third kappa shape index (κ3) is 7.08.